The lowest BCUT2D eigenvalue weighted by molar-refractivity contribution is -0.119. The van der Waals surface area contributed by atoms with Crippen molar-refractivity contribution < 1.29 is 9.90 Å². The third-order valence-corrected chi connectivity index (χ3v) is 4.09. The molecule has 1 aromatic heterocycles. The van der Waals surface area contributed by atoms with E-state index in [0.29, 0.717) is 12.6 Å². The molecule has 0 saturated heterocycles. The largest absolute Gasteiger partial charge is 0.387 e. The van der Waals surface area contributed by atoms with Crippen LogP contribution in [0.25, 0.3) is 0 Å². The average Bonchev–Trinajstić information content (AvgIpc) is 3.12. The van der Waals surface area contributed by atoms with Gasteiger partial charge in [0.25, 0.3) is 0 Å². The lowest BCUT2D eigenvalue weighted by Crippen LogP contribution is -2.47. The average molecular weight is 313 g/mol. The second-order valence-electron chi connectivity index (χ2n) is 6.05. The van der Waals surface area contributed by atoms with Crippen molar-refractivity contribution in [3.05, 3.63) is 6.33 Å². The van der Waals surface area contributed by atoms with Crippen LogP contribution in [0, 0.1) is 0 Å². The van der Waals surface area contributed by atoms with Crippen LogP contribution in [0.5, 0.6) is 0 Å². The Balaban J connectivity index is 1.73. The standard InChI is InChI=1S/C13H23N5O2S/c1-13(20,8-17(2)3)7-14-11(19)6-21-12-16-15-9-18(12)10-4-5-10/h9-10,20H,4-8H2,1-3H3,(H,14,19). The molecule has 1 heterocycles. The molecule has 0 bridgehead atoms. The van der Waals surface area contributed by atoms with Gasteiger partial charge in [0, 0.05) is 19.1 Å². The van der Waals surface area contributed by atoms with Crippen molar-refractivity contribution in [2.45, 2.75) is 36.6 Å². The highest BCUT2D eigenvalue weighted by Crippen LogP contribution is 2.37. The van der Waals surface area contributed by atoms with Crippen molar-refractivity contribution in [2.24, 2.45) is 0 Å². The SMILES string of the molecule is CN(C)CC(C)(O)CNC(=O)CSc1nncn1C1CC1. The van der Waals surface area contributed by atoms with E-state index in [9.17, 15) is 9.90 Å². The van der Waals surface area contributed by atoms with Crippen LogP contribution < -0.4 is 5.32 Å². The number of carbonyl (C=O) groups is 1. The van der Waals surface area contributed by atoms with Gasteiger partial charge in [0.1, 0.15) is 6.33 Å². The number of aliphatic hydroxyl groups is 1. The summed E-state index contributed by atoms with van der Waals surface area (Å²) in [4.78, 5) is 13.7. The first-order chi connectivity index (χ1) is 9.87. The number of aromatic nitrogens is 3. The predicted molar refractivity (Wildman–Crippen MR) is 81.2 cm³/mol. The number of amides is 1. The number of likely N-dealkylation sites (N-methyl/N-ethyl adjacent to an activating group) is 1. The Labute approximate surface area is 129 Å². The number of rotatable bonds is 8. The van der Waals surface area contributed by atoms with Crippen LogP contribution in [0.15, 0.2) is 11.5 Å². The van der Waals surface area contributed by atoms with Crippen LogP contribution in [0.2, 0.25) is 0 Å². The van der Waals surface area contributed by atoms with Gasteiger partial charge < -0.3 is 19.9 Å². The molecule has 1 aromatic rings. The molecular formula is C13H23N5O2S. The summed E-state index contributed by atoms with van der Waals surface area (Å²) < 4.78 is 2.03. The van der Waals surface area contributed by atoms with Crippen LogP contribution in [-0.4, -0.2) is 69.2 Å². The lowest BCUT2D eigenvalue weighted by Gasteiger charge is -2.27. The molecule has 8 heteroatoms. The zero-order valence-corrected chi connectivity index (χ0v) is 13.6. The topological polar surface area (TPSA) is 83.3 Å². The minimum atomic E-state index is -0.933. The fourth-order valence-corrected chi connectivity index (χ4v) is 2.96. The molecule has 1 amide bonds. The summed E-state index contributed by atoms with van der Waals surface area (Å²) in [6, 6.07) is 0.506. The number of nitrogens with one attached hydrogen (secondary N) is 1. The number of nitrogens with zero attached hydrogens (tertiary/aromatic N) is 4. The third-order valence-electron chi connectivity index (χ3n) is 3.14. The van der Waals surface area contributed by atoms with E-state index in [2.05, 4.69) is 15.5 Å². The van der Waals surface area contributed by atoms with Crippen LogP contribution in [-0.2, 0) is 4.79 Å². The van der Waals surface area contributed by atoms with E-state index >= 15 is 0 Å². The van der Waals surface area contributed by atoms with Gasteiger partial charge in [0.2, 0.25) is 5.91 Å². The highest BCUT2D eigenvalue weighted by atomic mass is 32.2. The molecule has 1 atom stereocenters. The van der Waals surface area contributed by atoms with Gasteiger partial charge in [-0.25, -0.2) is 0 Å². The first kappa shape index (κ1) is 16.3. The monoisotopic (exact) mass is 313 g/mol. The molecule has 1 fully saturated rings. The number of carbonyl (C=O) groups excluding carboxylic acids is 1. The zero-order valence-electron chi connectivity index (χ0n) is 12.7. The van der Waals surface area contributed by atoms with Crippen LogP contribution >= 0.6 is 11.8 Å². The van der Waals surface area contributed by atoms with Gasteiger partial charge in [-0.1, -0.05) is 11.8 Å². The van der Waals surface area contributed by atoms with Crippen molar-refractivity contribution in [1.29, 1.82) is 0 Å². The van der Waals surface area contributed by atoms with Crippen LogP contribution in [0.4, 0.5) is 0 Å². The molecule has 1 saturated carbocycles. The zero-order chi connectivity index (χ0) is 15.5. The summed E-state index contributed by atoms with van der Waals surface area (Å²) in [5.74, 6) is 0.174. The molecule has 21 heavy (non-hydrogen) atoms. The third kappa shape index (κ3) is 5.29. The predicted octanol–water partition coefficient (Wildman–Crippen LogP) is 0.134. The molecule has 0 radical (unpaired) electrons. The summed E-state index contributed by atoms with van der Waals surface area (Å²) in [5.41, 5.74) is -0.933. The van der Waals surface area contributed by atoms with E-state index in [4.69, 9.17) is 0 Å². The maximum absolute atomic E-state index is 11.9. The Morgan fingerprint density at radius 3 is 2.95 bits per heavy atom. The fraction of sp³-hybridized carbons (Fsp3) is 0.769. The van der Waals surface area contributed by atoms with Gasteiger partial charge in [0.15, 0.2) is 5.16 Å². The van der Waals surface area contributed by atoms with Gasteiger partial charge in [-0.3, -0.25) is 4.79 Å². The summed E-state index contributed by atoms with van der Waals surface area (Å²) in [6.45, 7) is 2.44. The highest BCUT2D eigenvalue weighted by Gasteiger charge is 2.26. The van der Waals surface area contributed by atoms with Gasteiger partial charge in [-0.15, -0.1) is 10.2 Å². The van der Waals surface area contributed by atoms with Gasteiger partial charge >= 0.3 is 0 Å². The molecule has 2 rings (SSSR count). The molecular weight excluding hydrogens is 290 g/mol. The fourth-order valence-electron chi connectivity index (χ4n) is 2.15. The molecule has 7 nitrogen and oxygen atoms in total. The molecule has 118 valence electrons. The summed E-state index contributed by atoms with van der Waals surface area (Å²) in [6.07, 6.45) is 4.04. The van der Waals surface area contributed by atoms with E-state index in [1.54, 1.807) is 13.3 Å². The van der Waals surface area contributed by atoms with E-state index in [-0.39, 0.29) is 18.2 Å². The Morgan fingerprint density at radius 1 is 1.62 bits per heavy atom. The Hall–Kier alpha value is -1.12. The van der Waals surface area contributed by atoms with E-state index in [0.717, 1.165) is 18.0 Å². The van der Waals surface area contributed by atoms with Crippen molar-refractivity contribution in [1.82, 2.24) is 25.0 Å². The smallest absolute Gasteiger partial charge is 0.230 e. The Morgan fingerprint density at radius 2 is 2.33 bits per heavy atom. The summed E-state index contributed by atoms with van der Waals surface area (Å²) in [7, 11) is 3.77. The van der Waals surface area contributed by atoms with Gasteiger partial charge in [-0.2, -0.15) is 0 Å². The van der Waals surface area contributed by atoms with Gasteiger partial charge in [0.05, 0.1) is 11.4 Å². The molecule has 1 aliphatic carbocycles. The van der Waals surface area contributed by atoms with Crippen molar-refractivity contribution >= 4 is 17.7 Å². The second-order valence-corrected chi connectivity index (χ2v) is 6.99. The Bertz CT molecular complexity index is 485. The quantitative estimate of drug-likeness (QED) is 0.664. The van der Waals surface area contributed by atoms with Crippen molar-refractivity contribution in [2.75, 3.05) is 32.9 Å². The minimum absolute atomic E-state index is 0.107. The van der Waals surface area contributed by atoms with Crippen LogP contribution in [0.3, 0.4) is 0 Å². The minimum Gasteiger partial charge on any atom is -0.387 e. The Kier molecular flexibility index (Phi) is 5.23. The molecule has 1 unspecified atom stereocenters. The normalized spacial score (nSPS) is 17.8. The lowest BCUT2D eigenvalue weighted by atomic mass is 10.1. The van der Waals surface area contributed by atoms with Crippen LogP contribution in [0.1, 0.15) is 25.8 Å². The van der Waals surface area contributed by atoms with E-state index < -0.39 is 5.60 Å². The van der Waals surface area contributed by atoms with Gasteiger partial charge in [-0.05, 0) is 33.9 Å². The molecule has 0 aromatic carbocycles. The second kappa shape index (κ2) is 6.76. The molecule has 0 aliphatic heterocycles. The number of hydrogen-bond acceptors (Lipinski definition) is 6. The van der Waals surface area contributed by atoms with Crippen molar-refractivity contribution in [3.63, 3.8) is 0 Å². The van der Waals surface area contributed by atoms with E-state index in [1.807, 2.05) is 23.6 Å². The first-order valence-corrected chi connectivity index (χ1v) is 8.02. The molecule has 0 spiro atoms. The maximum Gasteiger partial charge on any atom is 0.230 e. The summed E-state index contributed by atoms with van der Waals surface area (Å²) >= 11 is 1.38. The van der Waals surface area contributed by atoms with E-state index in [1.165, 1.54) is 11.8 Å². The number of thioether (sulfide) groups is 1. The molecule has 1 aliphatic rings. The molecule has 2 N–H and O–H groups in total. The number of hydrogen-bond donors (Lipinski definition) is 2. The first-order valence-electron chi connectivity index (χ1n) is 7.03. The maximum atomic E-state index is 11.9. The summed E-state index contributed by atoms with van der Waals surface area (Å²) in [5, 5.41) is 21.6. The highest BCUT2D eigenvalue weighted by molar-refractivity contribution is 7.99. The van der Waals surface area contributed by atoms with Crippen molar-refractivity contribution in [3.8, 4) is 0 Å².